The number of hydrogen-bond donors (Lipinski definition) is 1. The van der Waals surface area contributed by atoms with Crippen molar-refractivity contribution < 1.29 is 4.79 Å². The molecular weight excluding hydrogens is 200 g/mol. The molecule has 0 aromatic rings. The highest BCUT2D eigenvalue weighted by Gasteiger charge is 2.25. The van der Waals surface area contributed by atoms with Crippen LogP contribution in [0.4, 0.5) is 0 Å². The summed E-state index contributed by atoms with van der Waals surface area (Å²) in [4.78, 5) is 13.9. The molecule has 0 saturated heterocycles. The molecule has 16 heavy (non-hydrogen) atoms. The number of rotatable bonds is 6. The Morgan fingerprint density at radius 2 is 2.00 bits per heavy atom. The highest BCUT2D eigenvalue weighted by atomic mass is 16.2. The Balaban J connectivity index is 2.20. The molecule has 1 aliphatic rings. The van der Waals surface area contributed by atoms with E-state index in [9.17, 15) is 4.79 Å². The summed E-state index contributed by atoms with van der Waals surface area (Å²) >= 11 is 0. The van der Waals surface area contributed by atoms with Crippen LogP contribution in [-0.2, 0) is 4.79 Å². The van der Waals surface area contributed by atoms with E-state index in [1.54, 1.807) is 0 Å². The molecule has 1 fully saturated rings. The molecule has 1 rings (SSSR count). The summed E-state index contributed by atoms with van der Waals surface area (Å²) in [6.07, 6.45) is 3.24. The maximum atomic E-state index is 11.9. The van der Waals surface area contributed by atoms with Crippen molar-refractivity contribution in [3.63, 3.8) is 0 Å². The van der Waals surface area contributed by atoms with E-state index in [4.69, 9.17) is 0 Å². The number of carbonyl (C=O) groups is 1. The van der Waals surface area contributed by atoms with Gasteiger partial charge in [-0.3, -0.25) is 4.79 Å². The Morgan fingerprint density at radius 1 is 1.38 bits per heavy atom. The molecule has 1 saturated carbocycles. The van der Waals surface area contributed by atoms with Crippen LogP contribution in [0.2, 0.25) is 0 Å². The van der Waals surface area contributed by atoms with Crippen LogP contribution < -0.4 is 5.32 Å². The van der Waals surface area contributed by atoms with Crippen molar-refractivity contribution in [1.29, 1.82) is 0 Å². The van der Waals surface area contributed by atoms with E-state index >= 15 is 0 Å². The zero-order valence-corrected chi connectivity index (χ0v) is 11.2. The molecule has 0 bridgehead atoms. The van der Waals surface area contributed by atoms with Crippen molar-refractivity contribution in [2.45, 2.75) is 52.5 Å². The molecule has 3 nitrogen and oxygen atoms in total. The highest BCUT2D eigenvalue weighted by Crippen LogP contribution is 2.29. The maximum absolute atomic E-state index is 11.9. The highest BCUT2D eigenvalue weighted by molar-refractivity contribution is 5.76. The van der Waals surface area contributed by atoms with Gasteiger partial charge in [0.1, 0.15) is 0 Å². The van der Waals surface area contributed by atoms with Gasteiger partial charge in [0, 0.05) is 31.6 Å². The second-order valence-electron chi connectivity index (χ2n) is 5.80. The monoisotopic (exact) mass is 226 g/mol. The van der Waals surface area contributed by atoms with Gasteiger partial charge in [-0.05, 0) is 46.5 Å². The largest absolute Gasteiger partial charge is 0.343 e. The number of nitrogens with zero attached hydrogens (tertiary/aromatic N) is 1. The Bertz CT molecular complexity index is 229. The summed E-state index contributed by atoms with van der Waals surface area (Å²) in [7, 11) is 0. The lowest BCUT2D eigenvalue weighted by molar-refractivity contribution is -0.131. The van der Waals surface area contributed by atoms with E-state index in [-0.39, 0.29) is 5.54 Å². The van der Waals surface area contributed by atoms with Gasteiger partial charge in [0.25, 0.3) is 0 Å². The molecule has 0 aliphatic heterocycles. The third-order valence-electron chi connectivity index (χ3n) is 2.90. The molecule has 0 aromatic carbocycles. The Labute approximate surface area is 99.6 Å². The van der Waals surface area contributed by atoms with Crippen LogP contribution in [0.5, 0.6) is 0 Å². The fourth-order valence-electron chi connectivity index (χ4n) is 1.72. The Hall–Kier alpha value is -0.570. The number of amides is 1. The van der Waals surface area contributed by atoms with E-state index in [2.05, 4.69) is 33.0 Å². The van der Waals surface area contributed by atoms with Crippen molar-refractivity contribution in [3.05, 3.63) is 0 Å². The topological polar surface area (TPSA) is 32.3 Å². The van der Waals surface area contributed by atoms with E-state index in [0.717, 1.165) is 25.6 Å². The summed E-state index contributed by atoms with van der Waals surface area (Å²) in [5.74, 6) is 1.09. The minimum Gasteiger partial charge on any atom is -0.343 e. The fourth-order valence-corrected chi connectivity index (χ4v) is 1.72. The van der Waals surface area contributed by atoms with Gasteiger partial charge in [0.05, 0.1) is 0 Å². The summed E-state index contributed by atoms with van der Waals surface area (Å²) in [5, 5.41) is 3.35. The Morgan fingerprint density at radius 3 is 2.44 bits per heavy atom. The van der Waals surface area contributed by atoms with Gasteiger partial charge in [0.2, 0.25) is 5.91 Å². The maximum Gasteiger partial charge on any atom is 0.223 e. The van der Waals surface area contributed by atoms with Crippen molar-refractivity contribution in [2.75, 3.05) is 19.6 Å². The minimum absolute atomic E-state index is 0.105. The molecule has 0 unspecified atom stereocenters. The molecule has 0 aromatic heterocycles. The van der Waals surface area contributed by atoms with Crippen LogP contribution in [0.1, 0.15) is 47.0 Å². The van der Waals surface area contributed by atoms with Crippen molar-refractivity contribution >= 4 is 5.91 Å². The molecule has 0 heterocycles. The van der Waals surface area contributed by atoms with Crippen molar-refractivity contribution in [2.24, 2.45) is 5.92 Å². The van der Waals surface area contributed by atoms with Crippen LogP contribution in [0.15, 0.2) is 0 Å². The minimum atomic E-state index is 0.105. The van der Waals surface area contributed by atoms with E-state index in [0.29, 0.717) is 12.3 Å². The van der Waals surface area contributed by atoms with E-state index in [1.165, 1.54) is 12.8 Å². The molecule has 3 heteroatoms. The SMILES string of the molecule is CCN(CC1CC1)C(=O)CCNC(C)(C)C. The van der Waals surface area contributed by atoms with Crippen LogP contribution in [-0.4, -0.2) is 36.0 Å². The lowest BCUT2D eigenvalue weighted by Crippen LogP contribution is -2.40. The quantitative estimate of drug-likeness (QED) is 0.751. The summed E-state index contributed by atoms with van der Waals surface area (Å²) in [6.45, 7) is 11.1. The predicted molar refractivity (Wildman–Crippen MR) is 67.4 cm³/mol. The first kappa shape index (κ1) is 13.5. The third-order valence-corrected chi connectivity index (χ3v) is 2.90. The lowest BCUT2D eigenvalue weighted by atomic mass is 10.1. The summed E-state index contributed by atoms with van der Waals surface area (Å²) in [5.41, 5.74) is 0.105. The fraction of sp³-hybridized carbons (Fsp3) is 0.923. The van der Waals surface area contributed by atoms with Crippen LogP contribution >= 0.6 is 0 Å². The molecule has 0 spiro atoms. The number of carbonyl (C=O) groups excluding carboxylic acids is 1. The molecule has 1 aliphatic carbocycles. The smallest absolute Gasteiger partial charge is 0.223 e. The average Bonchev–Trinajstić information content (AvgIpc) is 2.95. The molecular formula is C13H26N2O. The number of hydrogen-bond acceptors (Lipinski definition) is 2. The standard InChI is InChI=1S/C13H26N2O/c1-5-15(10-11-6-7-11)12(16)8-9-14-13(2,3)4/h11,14H,5-10H2,1-4H3. The molecule has 94 valence electrons. The molecule has 1 amide bonds. The van der Waals surface area contributed by atoms with Gasteiger partial charge < -0.3 is 10.2 Å². The van der Waals surface area contributed by atoms with E-state index < -0.39 is 0 Å². The van der Waals surface area contributed by atoms with Gasteiger partial charge in [0.15, 0.2) is 0 Å². The zero-order chi connectivity index (χ0) is 12.2. The number of nitrogens with one attached hydrogen (secondary N) is 1. The third kappa shape index (κ3) is 5.50. The average molecular weight is 226 g/mol. The second-order valence-corrected chi connectivity index (χ2v) is 5.80. The summed E-state index contributed by atoms with van der Waals surface area (Å²) in [6, 6.07) is 0. The lowest BCUT2D eigenvalue weighted by Gasteiger charge is -2.23. The van der Waals surface area contributed by atoms with Gasteiger partial charge in [-0.1, -0.05) is 0 Å². The predicted octanol–water partition coefficient (Wildman–Crippen LogP) is 2.02. The molecule has 1 N–H and O–H groups in total. The van der Waals surface area contributed by atoms with Crippen LogP contribution in [0, 0.1) is 5.92 Å². The van der Waals surface area contributed by atoms with Crippen LogP contribution in [0.3, 0.4) is 0 Å². The van der Waals surface area contributed by atoms with Gasteiger partial charge in [-0.25, -0.2) is 0 Å². The first-order chi connectivity index (χ1) is 7.42. The zero-order valence-electron chi connectivity index (χ0n) is 11.2. The molecule has 0 atom stereocenters. The normalized spacial score (nSPS) is 16.2. The van der Waals surface area contributed by atoms with Crippen molar-refractivity contribution in [3.8, 4) is 0 Å². The first-order valence-corrected chi connectivity index (χ1v) is 6.45. The second kappa shape index (κ2) is 5.67. The van der Waals surface area contributed by atoms with Gasteiger partial charge in [-0.15, -0.1) is 0 Å². The molecule has 0 radical (unpaired) electrons. The van der Waals surface area contributed by atoms with Gasteiger partial charge >= 0.3 is 0 Å². The first-order valence-electron chi connectivity index (χ1n) is 6.45. The summed E-state index contributed by atoms with van der Waals surface area (Å²) < 4.78 is 0. The van der Waals surface area contributed by atoms with Crippen molar-refractivity contribution in [1.82, 2.24) is 10.2 Å². The van der Waals surface area contributed by atoms with Crippen LogP contribution in [0.25, 0.3) is 0 Å². The Kier molecular flexibility index (Phi) is 4.78. The van der Waals surface area contributed by atoms with E-state index in [1.807, 2.05) is 4.90 Å². The van der Waals surface area contributed by atoms with Gasteiger partial charge in [-0.2, -0.15) is 0 Å².